The first-order chi connectivity index (χ1) is 15.5. The number of nitrogens with zero attached hydrogens (tertiary/aromatic N) is 1. The van der Waals surface area contributed by atoms with E-state index >= 15 is 0 Å². The molecule has 4 rings (SSSR count). The fourth-order valence-corrected chi connectivity index (χ4v) is 4.60. The molecule has 7 heteroatoms. The molecule has 2 aromatic carbocycles. The minimum absolute atomic E-state index is 0.00467. The van der Waals surface area contributed by atoms with Gasteiger partial charge in [0.1, 0.15) is 5.75 Å². The van der Waals surface area contributed by atoms with Crippen molar-refractivity contribution in [1.82, 2.24) is 9.88 Å². The van der Waals surface area contributed by atoms with Gasteiger partial charge in [0.15, 0.2) is 11.5 Å². The summed E-state index contributed by atoms with van der Waals surface area (Å²) in [5.41, 5.74) is 3.18. The highest BCUT2D eigenvalue weighted by molar-refractivity contribution is 6.32. The van der Waals surface area contributed by atoms with Gasteiger partial charge in [-0.05, 0) is 66.3 Å². The van der Waals surface area contributed by atoms with E-state index in [0.717, 1.165) is 42.8 Å². The van der Waals surface area contributed by atoms with Crippen LogP contribution < -0.4 is 14.2 Å². The van der Waals surface area contributed by atoms with Gasteiger partial charge in [-0.1, -0.05) is 11.6 Å². The molecule has 0 atom stereocenters. The molecule has 32 heavy (non-hydrogen) atoms. The van der Waals surface area contributed by atoms with E-state index in [-0.39, 0.29) is 5.91 Å². The van der Waals surface area contributed by atoms with Gasteiger partial charge >= 0.3 is 0 Å². The SMILES string of the molecule is COc1ccc2[nH]cc(C3CCN(C(=O)/C=C/c4cc(Cl)c(OC)c(OC)c4)CC3)c2c1. The lowest BCUT2D eigenvalue weighted by atomic mass is 9.89. The second-order valence-corrected chi connectivity index (χ2v) is 8.23. The number of carbonyl (C=O) groups is 1. The van der Waals surface area contributed by atoms with Gasteiger partial charge in [-0.2, -0.15) is 0 Å². The predicted molar refractivity (Wildman–Crippen MR) is 127 cm³/mol. The Bertz CT molecular complexity index is 1150. The van der Waals surface area contributed by atoms with Gasteiger partial charge in [-0.3, -0.25) is 4.79 Å². The predicted octanol–water partition coefficient (Wildman–Crippen LogP) is 5.27. The molecule has 3 aromatic rings. The van der Waals surface area contributed by atoms with E-state index < -0.39 is 0 Å². The number of halogens is 1. The van der Waals surface area contributed by atoms with E-state index in [2.05, 4.69) is 17.2 Å². The van der Waals surface area contributed by atoms with Crippen LogP contribution in [0.2, 0.25) is 5.02 Å². The summed E-state index contributed by atoms with van der Waals surface area (Å²) in [6, 6.07) is 9.63. The van der Waals surface area contributed by atoms with Crippen molar-refractivity contribution >= 4 is 34.5 Å². The first kappa shape index (κ1) is 22.1. The number of ether oxygens (including phenoxy) is 3. The summed E-state index contributed by atoms with van der Waals surface area (Å²) in [4.78, 5) is 18.0. The molecule has 1 fully saturated rings. The van der Waals surface area contributed by atoms with Crippen molar-refractivity contribution in [3.05, 3.63) is 58.8 Å². The van der Waals surface area contributed by atoms with E-state index in [1.165, 1.54) is 10.9 Å². The number of rotatable bonds is 6. The molecule has 0 aliphatic carbocycles. The van der Waals surface area contributed by atoms with E-state index in [0.29, 0.717) is 22.4 Å². The maximum Gasteiger partial charge on any atom is 0.246 e. The van der Waals surface area contributed by atoms with Crippen LogP contribution in [0, 0.1) is 0 Å². The van der Waals surface area contributed by atoms with Crippen LogP contribution in [0.3, 0.4) is 0 Å². The molecule has 2 heterocycles. The molecule has 0 radical (unpaired) electrons. The Kier molecular flexibility index (Phi) is 6.61. The van der Waals surface area contributed by atoms with Crippen LogP contribution in [-0.4, -0.2) is 50.2 Å². The number of aromatic nitrogens is 1. The molecule has 1 aromatic heterocycles. The van der Waals surface area contributed by atoms with Crippen LogP contribution >= 0.6 is 11.6 Å². The second kappa shape index (κ2) is 9.57. The summed E-state index contributed by atoms with van der Waals surface area (Å²) in [5, 5.41) is 1.63. The van der Waals surface area contributed by atoms with E-state index in [4.69, 9.17) is 25.8 Å². The van der Waals surface area contributed by atoms with Crippen LogP contribution in [0.15, 0.2) is 42.6 Å². The molecule has 1 N–H and O–H groups in total. The first-order valence-electron chi connectivity index (χ1n) is 10.6. The Morgan fingerprint density at radius 1 is 1.09 bits per heavy atom. The third-order valence-corrected chi connectivity index (χ3v) is 6.32. The number of hydrogen-bond acceptors (Lipinski definition) is 4. The van der Waals surface area contributed by atoms with Crippen molar-refractivity contribution < 1.29 is 19.0 Å². The number of aromatic amines is 1. The zero-order chi connectivity index (χ0) is 22.7. The third-order valence-electron chi connectivity index (χ3n) is 6.04. The summed E-state index contributed by atoms with van der Waals surface area (Å²) in [5.74, 6) is 2.27. The number of amides is 1. The lowest BCUT2D eigenvalue weighted by Gasteiger charge is -2.31. The van der Waals surface area contributed by atoms with Gasteiger partial charge in [-0.15, -0.1) is 0 Å². The van der Waals surface area contributed by atoms with Crippen molar-refractivity contribution in [3.8, 4) is 17.2 Å². The molecule has 1 aliphatic heterocycles. The summed E-state index contributed by atoms with van der Waals surface area (Å²) in [7, 11) is 4.78. The largest absolute Gasteiger partial charge is 0.497 e. The lowest BCUT2D eigenvalue weighted by Crippen LogP contribution is -2.36. The fraction of sp³-hybridized carbons (Fsp3) is 0.320. The zero-order valence-electron chi connectivity index (χ0n) is 18.5. The Labute approximate surface area is 192 Å². The van der Waals surface area contributed by atoms with Gasteiger partial charge in [-0.25, -0.2) is 0 Å². The summed E-state index contributed by atoms with van der Waals surface area (Å²) in [6.07, 6.45) is 7.29. The van der Waals surface area contributed by atoms with Gasteiger partial charge in [0.2, 0.25) is 5.91 Å². The smallest absolute Gasteiger partial charge is 0.246 e. The number of fused-ring (bicyclic) bond motifs is 1. The van der Waals surface area contributed by atoms with Crippen LogP contribution in [-0.2, 0) is 4.79 Å². The van der Waals surface area contributed by atoms with Crippen molar-refractivity contribution in [2.45, 2.75) is 18.8 Å². The first-order valence-corrected chi connectivity index (χ1v) is 11.0. The van der Waals surface area contributed by atoms with Crippen LogP contribution in [0.25, 0.3) is 17.0 Å². The molecule has 0 unspecified atom stereocenters. The average Bonchev–Trinajstić information content (AvgIpc) is 3.25. The van der Waals surface area contributed by atoms with Crippen LogP contribution in [0.5, 0.6) is 17.2 Å². The molecule has 0 bridgehead atoms. The Morgan fingerprint density at radius 2 is 1.88 bits per heavy atom. The quantitative estimate of drug-likeness (QED) is 0.515. The average molecular weight is 455 g/mol. The van der Waals surface area contributed by atoms with E-state index in [9.17, 15) is 4.79 Å². The Balaban J connectivity index is 1.41. The lowest BCUT2D eigenvalue weighted by molar-refractivity contribution is -0.126. The van der Waals surface area contributed by atoms with E-state index in [1.54, 1.807) is 45.6 Å². The highest BCUT2D eigenvalue weighted by Gasteiger charge is 2.24. The topological polar surface area (TPSA) is 63.8 Å². The fourth-order valence-electron chi connectivity index (χ4n) is 4.30. The maximum atomic E-state index is 12.8. The minimum Gasteiger partial charge on any atom is -0.497 e. The number of piperidine rings is 1. The van der Waals surface area contributed by atoms with Gasteiger partial charge in [0.25, 0.3) is 0 Å². The Hall–Kier alpha value is -3.12. The number of H-pyrrole nitrogens is 1. The Morgan fingerprint density at radius 3 is 2.56 bits per heavy atom. The molecular weight excluding hydrogens is 428 g/mol. The van der Waals surface area contributed by atoms with E-state index in [1.807, 2.05) is 17.0 Å². The van der Waals surface area contributed by atoms with Crippen molar-refractivity contribution in [2.75, 3.05) is 34.4 Å². The maximum absolute atomic E-state index is 12.8. The highest BCUT2D eigenvalue weighted by Crippen LogP contribution is 2.37. The highest BCUT2D eigenvalue weighted by atomic mass is 35.5. The molecule has 1 amide bonds. The summed E-state index contributed by atoms with van der Waals surface area (Å²) >= 11 is 6.26. The number of nitrogens with one attached hydrogen (secondary N) is 1. The van der Waals surface area contributed by atoms with Crippen molar-refractivity contribution in [2.24, 2.45) is 0 Å². The molecule has 6 nitrogen and oxygen atoms in total. The van der Waals surface area contributed by atoms with Crippen molar-refractivity contribution in [3.63, 3.8) is 0 Å². The van der Waals surface area contributed by atoms with Crippen LogP contribution in [0.4, 0.5) is 0 Å². The molecular formula is C25H27ClN2O4. The number of benzene rings is 2. The summed E-state index contributed by atoms with van der Waals surface area (Å²) in [6.45, 7) is 1.44. The second-order valence-electron chi connectivity index (χ2n) is 7.83. The molecule has 1 aliphatic rings. The molecule has 0 saturated carbocycles. The number of methoxy groups -OCH3 is 3. The van der Waals surface area contributed by atoms with Gasteiger partial charge < -0.3 is 24.1 Å². The molecule has 168 valence electrons. The summed E-state index contributed by atoms with van der Waals surface area (Å²) < 4.78 is 16.0. The third kappa shape index (κ3) is 4.41. The molecule has 0 spiro atoms. The zero-order valence-corrected chi connectivity index (χ0v) is 19.2. The number of likely N-dealkylation sites (tertiary alicyclic amines) is 1. The number of carbonyl (C=O) groups excluding carboxylic acids is 1. The van der Waals surface area contributed by atoms with Crippen molar-refractivity contribution in [1.29, 1.82) is 0 Å². The van der Waals surface area contributed by atoms with Crippen LogP contribution in [0.1, 0.15) is 29.9 Å². The monoisotopic (exact) mass is 454 g/mol. The van der Waals surface area contributed by atoms with Gasteiger partial charge in [0.05, 0.1) is 26.4 Å². The molecule has 1 saturated heterocycles. The number of hydrogen-bond donors (Lipinski definition) is 1. The standard InChI is InChI=1S/C25H27ClN2O4/c1-30-18-5-6-22-19(14-18)20(15-27-22)17-8-10-28(11-9-17)24(29)7-4-16-12-21(26)25(32-3)23(13-16)31-2/h4-7,12-15,17,27H,8-11H2,1-3H3/b7-4+. The van der Waals surface area contributed by atoms with Gasteiger partial charge in [0, 0.05) is 36.3 Å². The normalized spacial score (nSPS) is 14.8. The minimum atomic E-state index is -0.00467.